The number of carbonyl (C=O) groups is 1. The van der Waals surface area contributed by atoms with Crippen LogP contribution in [0.2, 0.25) is 0 Å². The van der Waals surface area contributed by atoms with Crippen molar-refractivity contribution in [1.29, 1.82) is 0 Å². The predicted molar refractivity (Wildman–Crippen MR) is 45.2 cm³/mol. The first kappa shape index (κ1) is 8.31. The first-order chi connectivity index (χ1) is 4.93. The molecule has 0 saturated carbocycles. The van der Waals surface area contributed by atoms with Gasteiger partial charge < -0.3 is 4.90 Å². The Hall–Kier alpha value is -0.790. The molecule has 0 N–H and O–H groups in total. The number of carbonyl (C=O) groups excluding carboxylic acids is 1. The van der Waals surface area contributed by atoms with Crippen molar-refractivity contribution in [2.24, 2.45) is 5.41 Å². The van der Waals surface area contributed by atoms with E-state index in [1.165, 1.54) is 0 Å². The van der Waals surface area contributed by atoms with Crippen LogP contribution in [0.25, 0.3) is 0 Å². The van der Waals surface area contributed by atoms with Crippen molar-refractivity contribution in [2.45, 2.75) is 20.3 Å². The number of hydrogen-bond donors (Lipinski definition) is 0. The van der Waals surface area contributed by atoms with Gasteiger partial charge in [-0.3, -0.25) is 4.79 Å². The third-order valence-corrected chi connectivity index (χ3v) is 2.38. The third-order valence-electron chi connectivity index (χ3n) is 2.38. The summed E-state index contributed by atoms with van der Waals surface area (Å²) in [5.74, 6) is 0.189. The van der Waals surface area contributed by atoms with E-state index >= 15 is 0 Å². The van der Waals surface area contributed by atoms with Crippen molar-refractivity contribution >= 4 is 5.91 Å². The van der Waals surface area contributed by atoms with Gasteiger partial charge in [0.2, 0.25) is 5.91 Å². The molecular weight excluding hydrogens is 138 g/mol. The molecule has 1 rings (SSSR count). The molecule has 0 atom stereocenters. The smallest absolute Gasteiger partial charge is 0.226 e. The van der Waals surface area contributed by atoms with Gasteiger partial charge in [-0.1, -0.05) is 26.0 Å². The van der Waals surface area contributed by atoms with E-state index in [-0.39, 0.29) is 11.3 Å². The van der Waals surface area contributed by atoms with Crippen LogP contribution in [-0.4, -0.2) is 24.4 Å². The summed E-state index contributed by atoms with van der Waals surface area (Å²) < 4.78 is 0. The van der Waals surface area contributed by atoms with Crippen LogP contribution in [0.5, 0.6) is 0 Å². The van der Waals surface area contributed by atoms with Crippen molar-refractivity contribution in [1.82, 2.24) is 4.90 Å². The molecule has 0 bridgehead atoms. The fourth-order valence-electron chi connectivity index (χ4n) is 1.35. The number of likely N-dealkylation sites (tertiary alicyclic amines) is 1. The van der Waals surface area contributed by atoms with Crippen LogP contribution in [0.4, 0.5) is 0 Å². The fourth-order valence-corrected chi connectivity index (χ4v) is 1.35. The zero-order chi connectivity index (χ0) is 8.65. The highest BCUT2D eigenvalue weighted by atomic mass is 16.2. The van der Waals surface area contributed by atoms with E-state index in [4.69, 9.17) is 0 Å². The Kier molecular flexibility index (Phi) is 1.78. The molecule has 0 aliphatic carbocycles. The summed E-state index contributed by atoms with van der Waals surface area (Å²) >= 11 is 0. The van der Waals surface area contributed by atoms with Crippen LogP contribution in [0.3, 0.4) is 0 Å². The summed E-state index contributed by atoms with van der Waals surface area (Å²) in [5, 5.41) is 0. The Balaban J connectivity index is 2.79. The Morgan fingerprint density at radius 2 is 2.09 bits per heavy atom. The maximum Gasteiger partial charge on any atom is 0.226 e. The number of piperidine rings is 1. The molecule has 0 aromatic rings. The van der Waals surface area contributed by atoms with E-state index in [2.05, 4.69) is 20.4 Å². The van der Waals surface area contributed by atoms with Crippen LogP contribution in [-0.2, 0) is 4.79 Å². The van der Waals surface area contributed by atoms with Gasteiger partial charge in [-0.05, 0) is 0 Å². The van der Waals surface area contributed by atoms with Crippen molar-refractivity contribution in [2.75, 3.05) is 13.6 Å². The molecule has 1 amide bonds. The average molecular weight is 153 g/mol. The fraction of sp³-hybridized carbons (Fsp3) is 0.667. The van der Waals surface area contributed by atoms with Gasteiger partial charge in [0.15, 0.2) is 0 Å². The van der Waals surface area contributed by atoms with Crippen molar-refractivity contribution < 1.29 is 4.79 Å². The number of rotatable bonds is 0. The number of hydrogen-bond acceptors (Lipinski definition) is 1. The summed E-state index contributed by atoms with van der Waals surface area (Å²) in [4.78, 5) is 12.9. The zero-order valence-corrected chi connectivity index (χ0v) is 7.48. The average Bonchev–Trinajstić information content (AvgIpc) is 1.83. The molecular formula is C9H15NO. The van der Waals surface area contributed by atoms with E-state index in [9.17, 15) is 4.79 Å². The lowest BCUT2D eigenvalue weighted by atomic mass is 9.80. The van der Waals surface area contributed by atoms with E-state index in [1.807, 2.05) is 7.05 Å². The summed E-state index contributed by atoms with van der Waals surface area (Å²) in [7, 11) is 1.84. The van der Waals surface area contributed by atoms with E-state index < -0.39 is 0 Å². The van der Waals surface area contributed by atoms with Crippen LogP contribution >= 0.6 is 0 Å². The van der Waals surface area contributed by atoms with Crippen molar-refractivity contribution in [3.63, 3.8) is 0 Å². The summed E-state index contributed by atoms with van der Waals surface area (Å²) in [6.45, 7) is 8.95. The third kappa shape index (κ3) is 1.44. The molecule has 0 spiro atoms. The normalized spacial score (nSPS) is 24.1. The molecule has 0 radical (unpaired) electrons. The second-order valence-electron chi connectivity index (χ2n) is 3.91. The lowest BCUT2D eigenvalue weighted by Gasteiger charge is -2.37. The molecule has 0 unspecified atom stereocenters. The van der Waals surface area contributed by atoms with Crippen LogP contribution in [0, 0.1) is 5.41 Å². The van der Waals surface area contributed by atoms with Crippen LogP contribution in [0.1, 0.15) is 20.3 Å². The summed E-state index contributed by atoms with van der Waals surface area (Å²) in [6.07, 6.45) is 0.517. The molecule has 0 aromatic carbocycles. The molecule has 1 heterocycles. The largest absolute Gasteiger partial charge is 0.345 e. The molecule has 1 saturated heterocycles. The van der Waals surface area contributed by atoms with Gasteiger partial charge in [0.05, 0.1) is 0 Å². The van der Waals surface area contributed by atoms with E-state index in [1.54, 1.807) is 4.90 Å². The molecule has 0 aromatic heterocycles. The van der Waals surface area contributed by atoms with Gasteiger partial charge in [-0.15, -0.1) is 0 Å². The summed E-state index contributed by atoms with van der Waals surface area (Å²) in [6, 6.07) is 0. The molecule has 1 fully saturated rings. The highest BCUT2D eigenvalue weighted by molar-refractivity contribution is 5.80. The zero-order valence-electron chi connectivity index (χ0n) is 7.48. The Morgan fingerprint density at radius 1 is 1.55 bits per heavy atom. The first-order valence-corrected chi connectivity index (χ1v) is 3.86. The van der Waals surface area contributed by atoms with Gasteiger partial charge in [-0.2, -0.15) is 0 Å². The Bertz CT molecular complexity index is 206. The molecule has 2 nitrogen and oxygen atoms in total. The molecule has 2 heteroatoms. The van der Waals surface area contributed by atoms with E-state index in [0.717, 1.165) is 12.1 Å². The maximum absolute atomic E-state index is 11.2. The standard InChI is InChI=1S/C9H15NO/c1-7-5-8(11)10(4)6-9(7,2)3/h1,5-6H2,2-4H3. The predicted octanol–water partition coefficient (Wildman–Crippen LogP) is 1.43. The summed E-state index contributed by atoms with van der Waals surface area (Å²) in [5.41, 5.74) is 1.16. The van der Waals surface area contributed by atoms with Gasteiger partial charge in [0.25, 0.3) is 0 Å². The lowest BCUT2D eigenvalue weighted by molar-refractivity contribution is -0.132. The Morgan fingerprint density at radius 3 is 2.55 bits per heavy atom. The van der Waals surface area contributed by atoms with Gasteiger partial charge >= 0.3 is 0 Å². The van der Waals surface area contributed by atoms with Gasteiger partial charge in [0.1, 0.15) is 0 Å². The monoisotopic (exact) mass is 153 g/mol. The quantitative estimate of drug-likeness (QED) is 0.482. The van der Waals surface area contributed by atoms with Gasteiger partial charge in [0, 0.05) is 25.4 Å². The number of amides is 1. The van der Waals surface area contributed by atoms with Gasteiger partial charge in [-0.25, -0.2) is 0 Å². The molecule has 62 valence electrons. The molecule has 1 aliphatic rings. The topological polar surface area (TPSA) is 20.3 Å². The maximum atomic E-state index is 11.2. The molecule has 1 aliphatic heterocycles. The number of nitrogens with zero attached hydrogens (tertiary/aromatic N) is 1. The molecule has 11 heavy (non-hydrogen) atoms. The van der Waals surface area contributed by atoms with E-state index in [0.29, 0.717) is 6.42 Å². The highest BCUT2D eigenvalue weighted by Crippen LogP contribution is 2.32. The second-order valence-corrected chi connectivity index (χ2v) is 3.91. The van der Waals surface area contributed by atoms with Crippen molar-refractivity contribution in [3.8, 4) is 0 Å². The minimum absolute atomic E-state index is 0.0999. The SMILES string of the molecule is C=C1CC(=O)N(C)CC1(C)C. The Labute approximate surface area is 67.9 Å². The lowest BCUT2D eigenvalue weighted by Crippen LogP contribution is -2.42. The second kappa shape index (κ2) is 2.36. The van der Waals surface area contributed by atoms with Crippen LogP contribution < -0.4 is 0 Å². The minimum Gasteiger partial charge on any atom is -0.345 e. The highest BCUT2D eigenvalue weighted by Gasteiger charge is 2.31. The first-order valence-electron chi connectivity index (χ1n) is 3.86. The van der Waals surface area contributed by atoms with Crippen LogP contribution in [0.15, 0.2) is 12.2 Å². The minimum atomic E-state index is 0.0999. The van der Waals surface area contributed by atoms with Crippen molar-refractivity contribution in [3.05, 3.63) is 12.2 Å².